The first-order valence-electron chi connectivity index (χ1n) is 8.25. The van der Waals surface area contributed by atoms with Crippen molar-refractivity contribution < 1.29 is 19.5 Å². The van der Waals surface area contributed by atoms with Crippen LogP contribution in [0.15, 0.2) is 18.3 Å². The van der Waals surface area contributed by atoms with Crippen molar-refractivity contribution >= 4 is 17.8 Å². The van der Waals surface area contributed by atoms with Gasteiger partial charge in [0.1, 0.15) is 5.69 Å². The fourth-order valence-corrected chi connectivity index (χ4v) is 2.99. The van der Waals surface area contributed by atoms with Crippen LogP contribution in [0, 0.1) is 5.92 Å². The summed E-state index contributed by atoms with van der Waals surface area (Å²) < 4.78 is 0. The zero-order chi connectivity index (χ0) is 17.7. The molecule has 1 aromatic heterocycles. The number of nitrogens with zero attached hydrogens (tertiary/aromatic N) is 3. The van der Waals surface area contributed by atoms with Crippen molar-refractivity contribution in [1.82, 2.24) is 14.8 Å². The summed E-state index contributed by atoms with van der Waals surface area (Å²) in [5, 5.41) is 8.97. The van der Waals surface area contributed by atoms with Crippen molar-refractivity contribution in [2.24, 2.45) is 5.92 Å². The van der Waals surface area contributed by atoms with Gasteiger partial charge in [-0.3, -0.25) is 9.59 Å². The Kier molecular flexibility index (Phi) is 5.89. The Balaban J connectivity index is 1.99. The molecule has 0 saturated carbocycles. The lowest BCUT2D eigenvalue weighted by molar-refractivity contribution is -0.136. The number of carboxylic acids is 1. The average molecular weight is 333 g/mol. The third-order valence-corrected chi connectivity index (χ3v) is 4.43. The van der Waals surface area contributed by atoms with Gasteiger partial charge in [-0.15, -0.1) is 0 Å². The molecule has 1 aliphatic heterocycles. The molecule has 0 aliphatic carbocycles. The van der Waals surface area contributed by atoms with Crippen LogP contribution in [0.25, 0.3) is 0 Å². The average Bonchev–Trinajstić information content (AvgIpc) is 2.62. The zero-order valence-corrected chi connectivity index (χ0v) is 14.1. The van der Waals surface area contributed by atoms with Crippen molar-refractivity contribution in [3.63, 3.8) is 0 Å². The third kappa shape index (κ3) is 3.90. The summed E-state index contributed by atoms with van der Waals surface area (Å²) in [5.41, 5.74) is 0.170. The Hall–Kier alpha value is -2.44. The van der Waals surface area contributed by atoms with Crippen LogP contribution in [0.5, 0.6) is 0 Å². The minimum absolute atomic E-state index is 0.0408. The van der Waals surface area contributed by atoms with E-state index < -0.39 is 5.97 Å². The summed E-state index contributed by atoms with van der Waals surface area (Å²) in [6.45, 7) is 6.32. The molecule has 24 heavy (non-hydrogen) atoms. The lowest BCUT2D eigenvalue weighted by Gasteiger charge is -2.33. The number of amides is 2. The van der Waals surface area contributed by atoms with Crippen molar-refractivity contribution in [2.75, 3.05) is 26.2 Å². The van der Waals surface area contributed by atoms with Gasteiger partial charge in [-0.2, -0.15) is 0 Å². The number of piperidine rings is 1. The minimum Gasteiger partial charge on any atom is -0.477 e. The lowest BCUT2D eigenvalue weighted by atomic mass is 9.94. The number of hydrogen-bond donors (Lipinski definition) is 1. The van der Waals surface area contributed by atoms with E-state index in [-0.39, 0.29) is 23.4 Å². The number of rotatable bonds is 5. The Bertz CT molecular complexity index is 620. The maximum atomic E-state index is 12.5. The number of carboxylic acid groups (broad SMARTS) is 1. The topological polar surface area (TPSA) is 90.8 Å². The van der Waals surface area contributed by atoms with E-state index in [1.165, 1.54) is 18.3 Å². The predicted octanol–water partition coefficient (Wildman–Crippen LogP) is 1.50. The maximum absolute atomic E-state index is 12.5. The molecule has 1 N–H and O–H groups in total. The summed E-state index contributed by atoms with van der Waals surface area (Å²) in [4.78, 5) is 43.1. The first kappa shape index (κ1) is 17.9. The van der Waals surface area contributed by atoms with E-state index in [0.29, 0.717) is 44.6 Å². The van der Waals surface area contributed by atoms with E-state index in [4.69, 9.17) is 5.11 Å². The van der Waals surface area contributed by atoms with Crippen LogP contribution < -0.4 is 0 Å². The van der Waals surface area contributed by atoms with Crippen molar-refractivity contribution in [3.05, 3.63) is 29.6 Å². The Morgan fingerprint density at radius 3 is 2.42 bits per heavy atom. The predicted molar refractivity (Wildman–Crippen MR) is 87.8 cm³/mol. The molecule has 0 atom stereocenters. The lowest BCUT2D eigenvalue weighted by Crippen LogP contribution is -2.44. The van der Waals surface area contributed by atoms with Gasteiger partial charge < -0.3 is 14.9 Å². The van der Waals surface area contributed by atoms with Crippen molar-refractivity contribution in [2.45, 2.75) is 26.7 Å². The summed E-state index contributed by atoms with van der Waals surface area (Å²) in [6.07, 6.45) is 2.60. The van der Waals surface area contributed by atoms with Crippen LogP contribution in [0.1, 0.15) is 47.5 Å². The van der Waals surface area contributed by atoms with Crippen molar-refractivity contribution in [3.8, 4) is 0 Å². The Labute approximate surface area is 141 Å². The molecule has 1 saturated heterocycles. The highest BCUT2D eigenvalue weighted by molar-refractivity contribution is 5.96. The summed E-state index contributed by atoms with van der Waals surface area (Å²) in [5.74, 6) is -1.26. The Morgan fingerprint density at radius 2 is 1.88 bits per heavy atom. The van der Waals surface area contributed by atoms with E-state index in [0.717, 1.165) is 0 Å². The minimum atomic E-state index is -1.16. The first-order chi connectivity index (χ1) is 11.5. The number of carbonyl (C=O) groups excluding carboxylic acids is 2. The summed E-state index contributed by atoms with van der Waals surface area (Å²) >= 11 is 0. The molecule has 0 spiro atoms. The smallest absolute Gasteiger partial charge is 0.354 e. The van der Waals surface area contributed by atoms with Crippen LogP contribution >= 0.6 is 0 Å². The van der Waals surface area contributed by atoms with Gasteiger partial charge >= 0.3 is 5.97 Å². The highest BCUT2D eigenvalue weighted by atomic mass is 16.4. The fourth-order valence-electron chi connectivity index (χ4n) is 2.99. The van der Waals surface area contributed by atoms with Crippen LogP contribution in [0.3, 0.4) is 0 Å². The number of likely N-dealkylation sites (tertiary alicyclic amines) is 1. The van der Waals surface area contributed by atoms with E-state index in [1.54, 1.807) is 4.90 Å². The largest absolute Gasteiger partial charge is 0.477 e. The number of pyridine rings is 1. The molecule has 0 radical (unpaired) electrons. The van der Waals surface area contributed by atoms with E-state index >= 15 is 0 Å². The van der Waals surface area contributed by atoms with Gasteiger partial charge in [-0.25, -0.2) is 9.78 Å². The third-order valence-electron chi connectivity index (χ3n) is 4.43. The highest BCUT2D eigenvalue weighted by Crippen LogP contribution is 2.21. The van der Waals surface area contributed by atoms with Crippen LogP contribution in [-0.4, -0.2) is 63.9 Å². The molecular weight excluding hydrogens is 310 g/mol. The Morgan fingerprint density at radius 1 is 1.25 bits per heavy atom. The summed E-state index contributed by atoms with van der Waals surface area (Å²) in [6, 6.07) is 2.81. The molecule has 1 aromatic rings. The van der Waals surface area contributed by atoms with Gasteiger partial charge in [0, 0.05) is 43.9 Å². The number of carbonyl (C=O) groups is 3. The van der Waals surface area contributed by atoms with Gasteiger partial charge in [0.2, 0.25) is 5.91 Å². The number of aromatic carboxylic acids is 1. The van der Waals surface area contributed by atoms with Crippen LogP contribution in [-0.2, 0) is 4.79 Å². The molecule has 7 nitrogen and oxygen atoms in total. The van der Waals surface area contributed by atoms with Crippen LogP contribution in [0.2, 0.25) is 0 Å². The molecule has 0 aromatic carbocycles. The second-order valence-corrected chi connectivity index (χ2v) is 5.81. The SMILES string of the molecule is CCN(CC)C(=O)C1CCN(C(=O)c2ccnc(C(=O)O)c2)CC1. The van der Waals surface area contributed by atoms with Gasteiger partial charge in [-0.1, -0.05) is 0 Å². The van der Waals surface area contributed by atoms with E-state index in [9.17, 15) is 14.4 Å². The molecule has 1 fully saturated rings. The molecule has 2 amide bonds. The van der Waals surface area contributed by atoms with E-state index in [1.807, 2.05) is 18.7 Å². The van der Waals surface area contributed by atoms with Crippen molar-refractivity contribution in [1.29, 1.82) is 0 Å². The second-order valence-electron chi connectivity index (χ2n) is 5.81. The van der Waals surface area contributed by atoms with Crippen LogP contribution in [0.4, 0.5) is 0 Å². The summed E-state index contributed by atoms with van der Waals surface area (Å²) in [7, 11) is 0. The van der Waals surface area contributed by atoms with Gasteiger partial charge in [-0.05, 0) is 38.8 Å². The molecule has 130 valence electrons. The molecule has 2 heterocycles. The highest BCUT2D eigenvalue weighted by Gasteiger charge is 2.29. The molecule has 2 rings (SSSR count). The number of hydrogen-bond acceptors (Lipinski definition) is 4. The molecule has 7 heteroatoms. The molecule has 1 aliphatic rings. The van der Waals surface area contributed by atoms with Gasteiger partial charge in [0.05, 0.1) is 0 Å². The molecule has 0 unspecified atom stereocenters. The second kappa shape index (κ2) is 7.90. The number of aromatic nitrogens is 1. The van der Waals surface area contributed by atoms with E-state index in [2.05, 4.69) is 4.98 Å². The normalized spacial score (nSPS) is 15.2. The van der Waals surface area contributed by atoms with Gasteiger partial charge in [0.15, 0.2) is 0 Å². The van der Waals surface area contributed by atoms with Gasteiger partial charge in [0.25, 0.3) is 5.91 Å². The molecular formula is C17H23N3O4. The quantitative estimate of drug-likeness (QED) is 0.882. The monoisotopic (exact) mass is 333 g/mol. The first-order valence-corrected chi connectivity index (χ1v) is 8.25. The maximum Gasteiger partial charge on any atom is 0.354 e. The fraction of sp³-hybridized carbons (Fsp3) is 0.529. The zero-order valence-electron chi connectivity index (χ0n) is 14.1. The molecule has 0 bridgehead atoms. The standard InChI is InChI=1S/C17H23N3O4/c1-3-19(4-2)15(21)12-6-9-20(10-7-12)16(22)13-5-8-18-14(11-13)17(23)24/h5,8,11-12H,3-4,6-7,9-10H2,1-2H3,(H,23,24).